The number of anilines is 1. The fourth-order valence-corrected chi connectivity index (χ4v) is 1.38. The molecule has 2 aromatic rings. The summed E-state index contributed by atoms with van der Waals surface area (Å²) in [5.41, 5.74) is 7.55. The Labute approximate surface area is 91.7 Å². The van der Waals surface area contributed by atoms with Crippen LogP contribution in [-0.2, 0) is 0 Å². The van der Waals surface area contributed by atoms with Crippen molar-refractivity contribution in [2.24, 2.45) is 0 Å². The van der Waals surface area contributed by atoms with E-state index in [4.69, 9.17) is 5.73 Å². The molecule has 0 amide bonds. The van der Waals surface area contributed by atoms with Gasteiger partial charge in [-0.05, 0) is 12.1 Å². The lowest BCUT2D eigenvalue weighted by Gasteiger charge is -2.01. The van der Waals surface area contributed by atoms with Crippen molar-refractivity contribution in [3.63, 3.8) is 0 Å². The van der Waals surface area contributed by atoms with Crippen LogP contribution in [0.5, 0.6) is 0 Å². The first-order chi connectivity index (χ1) is 7.66. The van der Waals surface area contributed by atoms with Crippen molar-refractivity contribution < 1.29 is 4.92 Å². The minimum atomic E-state index is -0.435. The summed E-state index contributed by atoms with van der Waals surface area (Å²) in [4.78, 5) is 14.3. The van der Waals surface area contributed by atoms with Crippen LogP contribution in [0.25, 0.3) is 11.3 Å². The molecule has 0 saturated heterocycles. The minimum Gasteiger partial charge on any atom is -0.399 e. The second-order valence-corrected chi connectivity index (χ2v) is 3.28. The molecule has 1 aromatic carbocycles. The molecule has 0 bridgehead atoms. The monoisotopic (exact) mass is 215 g/mol. The maximum absolute atomic E-state index is 10.6. The van der Waals surface area contributed by atoms with Gasteiger partial charge in [-0.1, -0.05) is 12.1 Å². The Morgan fingerprint density at radius 3 is 2.75 bits per heavy atom. The first-order valence-electron chi connectivity index (χ1n) is 4.63. The lowest BCUT2D eigenvalue weighted by Crippen LogP contribution is -1.91. The molecule has 0 atom stereocenters. The maximum Gasteiger partial charge on any atom is 0.270 e. The summed E-state index contributed by atoms with van der Waals surface area (Å²) >= 11 is 0. The number of nitro groups is 1. The predicted octanol–water partition coefficient (Wildman–Crippen LogP) is 2.24. The molecule has 0 aliphatic rings. The van der Waals surface area contributed by atoms with Crippen LogP contribution in [0.4, 0.5) is 11.4 Å². The van der Waals surface area contributed by atoms with Gasteiger partial charge < -0.3 is 5.73 Å². The minimum absolute atomic E-state index is 0.0433. The average Bonchev–Trinajstić information content (AvgIpc) is 2.29. The Morgan fingerprint density at radius 1 is 1.25 bits per heavy atom. The van der Waals surface area contributed by atoms with Crippen molar-refractivity contribution in [3.8, 4) is 11.3 Å². The van der Waals surface area contributed by atoms with E-state index in [1.165, 1.54) is 12.1 Å². The highest BCUT2D eigenvalue weighted by Gasteiger charge is 2.07. The average molecular weight is 215 g/mol. The zero-order valence-electron chi connectivity index (χ0n) is 8.33. The zero-order valence-corrected chi connectivity index (χ0v) is 8.33. The first kappa shape index (κ1) is 10.1. The van der Waals surface area contributed by atoms with Crippen LogP contribution in [0.15, 0.2) is 42.6 Å². The van der Waals surface area contributed by atoms with E-state index in [-0.39, 0.29) is 5.69 Å². The third kappa shape index (κ3) is 1.98. The van der Waals surface area contributed by atoms with Gasteiger partial charge in [0.15, 0.2) is 0 Å². The predicted molar refractivity (Wildman–Crippen MR) is 60.7 cm³/mol. The highest BCUT2D eigenvalue weighted by atomic mass is 16.6. The van der Waals surface area contributed by atoms with Crippen molar-refractivity contribution in [2.45, 2.75) is 0 Å². The Hall–Kier alpha value is -2.43. The van der Waals surface area contributed by atoms with Crippen LogP contribution >= 0.6 is 0 Å². The lowest BCUT2D eigenvalue weighted by atomic mass is 10.1. The third-order valence-corrected chi connectivity index (χ3v) is 2.14. The Morgan fingerprint density at radius 2 is 2.06 bits per heavy atom. The molecule has 5 heteroatoms. The van der Waals surface area contributed by atoms with Gasteiger partial charge in [-0.2, -0.15) is 0 Å². The van der Waals surface area contributed by atoms with Crippen LogP contribution in [0.2, 0.25) is 0 Å². The van der Waals surface area contributed by atoms with E-state index in [1.54, 1.807) is 30.5 Å². The topological polar surface area (TPSA) is 82.0 Å². The van der Waals surface area contributed by atoms with Crippen molar-refractivity contribution in [2.75, 3.05) is 5.73 Å². The van der Waals surface area contributed by atoms with Crippen LogP contribution in [-0.4, -0.2) is 9.91 Å². The smallest absolute Gasteiger partial charge is 0.270 e. The highest BCUT2D eigenvalue weighted by Crippen LogP contribution is 2.22. The molecule has 0 aliphatic carbocycles. The molecule has 0 unspecified atom stereocenters. The normalized spacial score (nSPS) is 10.0. The number of nitrogen functional groups attached to an aromatic ring is 1. The first-order valence-corrected chi connectivity index (χ1v) is 4.63. The summed E-state index contributed by atoms with van der Waals surface area (Å²) < 4.78 is 0. The Kier molecular flexibility index (Phi) is 2.51. The van der Waals surface area contributed by atoms with Crippen molar-refractivity contribution in [3.05, 3.63) is 52.7 Å². The molecule has 2 N–H and O–H groups in total. The SMILES string of the molecule is Nc1ccnc(-c2cccc([N+](=O)[O-])c2)c1. The van der Waals surface area contributed by atoms with Gasteiger partial charge in [0.25, 0.3) is 5.69 Å². The van der Waals surface area contributed by atoms with Gasteiger partial charge in [-0.25, -0.2) is 0 Å². The number of nitro benzene ring substituents is 1. The molecule has 0 radical (unpaired) electrons. The number of rotatable bonds is 2. The van der Waals surface area contributed by atoms with Crippen LogP contribution in [0.1, 0.15) is 0 Å². The number of pyridine rings is 1. The fraction of sp³-hybridized carbons (Fsp3) is 0. The molecule has 2 rings (SSSR count). The number of aromatic nitrogens is 1. The third-order valence-electron chi connectivity index (χ3n) is 2.14. The van der Waals surface area contributed by atoms with Gasteiger partial charge in [0.1, 0.15) is 0 Å². The molecule has 0 saturated carbocycles. The summed E-state index contributed by atoms with van der Waals surface area (Å²) in [7, 11) is 0. The summed E-state index contributed by atoms with van der Waals surface area (Å²) in [6, 6.07) is 9.64. The molecule has 0 aliphatic heterocycles. The van der Waals surface area contributed by atoms with E-state index in [1.807, 2.05) is 0 Å². The lowest BCUT2D eigenvalue weighted by molar-refractivity contribution is -0.384. The van der Waals surface area contributed by atoms with Gasteiger partial charge in [-0.3, -0.25) is 15.1 Å². The van der Waals surface area contributed by atoms with E-state index in [0.717, 1.165) is 0 Å². The number of hydrogen-bond acceptors (Lipinski definition) is 4. The van der Waals surface area contributed by atoms with Crippen molar-refractivity contribution in [1.29, 1.82) is 0 Å². The number of nitrogens with zero attached hydrogens (tertiary/aromatic N) is 2. The number of benzene rings is 1. The maximum atomic E-state index is 10.6. The highest BCUT2D eigenvalue weighted by molar-refractivity contribution is 5.65. The second kappa shape index (κ2) is 3.98. The molecule has 1 heterocycles. The quantitative estimate of drug-likeness (QED) is 0.615. The molecular formula is C11H9N3O2. The van der Waals surface area contributed by atoms with Gasteiger partial charge in [0.05, 0.1) is 10.6 Å². The molecule has 0 spiro atoms. The van der Waals surface area contributed by atoms with Gasteiger partial charge in [0, 0.05) is 29.6 Å². The Bertz CT molecular complexity index is 540. The molecular weight excluding hydrogens is 206 g/mol. The molecule has 0 fully saturated rings. The molecule has 1 aromatic heterocycles. The van der Waals surface area contributed by atoms with E-state index >= 15 is 0 Å². The number of nitrogens with two attached hydrogens (primary N) is 1. The van der Waals surface area contributed by atoms with Crippen LogP contribution in [0, 0.1) is 10.1 Å². The van der Waals surface area contributed by atoms with Crippen molar-refractivity contribution in [1.82, 2.24) is 4.98 Å². The van der Waals surface area contributed by atoms with E-state index in [0.29, 0.717) is 16.9 Å². The zero-order chi connectivity index (χ0) is 11.5. The number of non-ortho nitro benzene ring substituents is 1. The molecule has 80 valence electrons. The summed E-state index contributed by atoms with van der Waals surface area (Å²) in [6.07, 6.45) is 1.57. The summed E-state index contributed by atoms with van der Waals surface area (Å²) in [5, 5.41) is 10.6. The molecule has 5 nitrogen and oxygen atoms in total. The van der Waals surface area contributed by atoms with Crippen LogP contribution < -0.4 is 5.73 Å². The van der Waals surface area contributed by atoms with Gasteiger partial charge in [0.2, 0.25) is 0 Å². The standard InChI is InChI=1S/C11H9N3O2/c12-9-4-5-13-11(7-9)8-2-1-3-10(6-8)14(15)16/h1-7H,(H2,12,13). The Balaban J connectivity index is 2.48. The van der Waals surface area contributed by atoms with E-state index in [2.05, 4.69) is 4.98 Å². The fourth-order valence-electron chi connectivity index (χ4n) is 1.38. The van der Waals surface area contributed by atoms with Gasteiger partial charge >= 0.3 is 0 Å². The second-order valence-electron chi connectivity index (χ2n) is 3.28. The summed E-state index contributed by atoms with van der Waals surface area (Å²) in [6.45, 7) is 0. The van der Waals surface area contributed by atoms with Gasteiger partial charge in [-0.15, -0.1) is 0 Å². The molecule has 16 heavy (non-hydrogen) atoms. The van der Waals surface area contributed by atoms with Crippen LogP contribution in [0.3, 0.4) is 0 Å². The number of hydrogen-bond donors (Lipinski definition) is 1. The van der Waals surface area contributed by atoms with Crippen molar-refractivity contribution >= 4 is 11.4 Å². The van der Waals surface area contributed by atoms with E-state index in [9.17, 15) is 10.1 Å². The van der Waals surface area contributed by atoms with E-state index < -0.39 is 4.92 Å². The largest absolute Gasteiger partial charge is 0.399 e. The summed E-state index contributed by atoms with van der Waals surface area (Å²) in [5.74, 6) is 0.